The highest BCUT2D eigenvalue weighted by atomic mass is 15.1. The summed E-state index contributed by atoms with van der Waals surface area (Å²) in [5, 5.41) is 3.38. The molecule has 0 spiro atoms. The molecule has 4 heteroatoms. The Labute approximate surface area is 109 Å². The summed E-state index contributed by atoms with van der Waals surface area (Å²) in [4.78, 5) is 8.85. The first-order valence-electron chi connectivity index (χ1n) is 6.74. The lowest BCUT2D eigenvalue weighted by Gasteiger charge is -2.27. The molecule has 1 unspecified atom stereocenters. The van der Waals surface area contributed by atoms with Crippen LogP contribution in [0.2, 0.25) is 0 Å². The lowest BCUT2D eigenvalue weighted by atomic mass is 9.82. The van der Waals surface area contributed by atoms with Gasteiger partial charge in [0.05, 0.1) is 0 Å². The van der Waals surface area contributed by atoms with Crippen molar-refractivity contribution in [3.63, 3.8) is 0 Å². The molecule has 0 aliphatic heterocycles. The van der Waals surface area contributed by atoms with Gasteiger partial charge in [-0.25, -0.2) is 9.97 Å². The number of aromatic nitrogens is 2. The van der Waals surface area contributed by atoms with Crippen molar-refractivity contribution in [2.24, 2.45) is 11.3 Å². The first-order valence-corrected chi connectivity index (χ1v) is 6.74. The third-order valence-electron chi connectivity index (χ3n) is 3.77. The number of nitrogens with two attached hydrogens (primary N) is 1. The molecule has 100 valence electrons. The van der Waals surface area contributed by atoms with Crippen molar-refractivity contribution in [3.8, 4) is 0 Å². The highest BCUT2D eigenvalue weighted by Gasteiger charge is 2.27. The predicted molar refractivity (Wildman–Crippen MR) is 75.5 cm³/mol. The maximum Gasteiger partial charge on any atom is 0.136 e. The molecule has 0 aromatic carbocycles. The van der Waals surface area contributed by atoms with Gasteiger partial charge < -0.3 is 11.1 Å². The Morgan fingerprint density at radius 2 is 2.06 bits per heavy atom. The van der Waals surface area contributed by atoms with Gasteiger partial charge in [0.15, 0.2) is 0 Å². The van der Waals surface area contributed by atoms with Gasteiger partial charge in [0.1, 0.15) is 17.5 Å². The Morgan fingerprint density at radius 1 is 1.39 bits per heavy atom. The largest absolute Gasteiger partial charge is 0.384 e. The van der Waals surface area contributed by atoms with Crippen molar-refractivity contribution < 1.29 is 0 Å². The Kier molecular flexibility index (Phi) is 3.46. The summed E-state index contributed by atoms with van der Waals surface area (Å²) in [6.07, 6.45) is 2.39. The standard InChI is InChI=1S/C14H24N4/c1-9(14(2,3)4)8-16-12-7-11(15)17-13(18-12)10-5-6-10/h7,9-10H,5-6,8H2,1-4H3,(H3,15,16,17,18). The van der Waals surface area contributed by atoms with E-state index in [1.165, 1.54) is 12.8 Å². The molecule has 0 bridgehead atoms. The molecule has 18 heavy (non-hydrogen) atoms. The second kappa shape index (κ2) is 4.75. The van der Waals surface area contributed by atoms with Gasteiger partial charge in [-0.3, -0.25) is 0 Å². The van der Waals surface area contributed by atoms with Gasteiger partial charge in [0.2, 0.25) is 0 Å². The summed E-state index contributed by atoms with van der Waals surface area (Å²) < 4.78 is 0. The number of hydrogen-bond donors (Lipinski definition) is 2. The first kappa shape index (κ1) is 13.1. The molecule has 1 atom stereocenters. The van der Waals surface area contributed by atoms with Crippen molar-refractivity contribution >= 4 is 11.6 Å². The first-order chi connectivity index (χ1) is 8.36. The van der Waals surface area contributed by atoms with Crippen LogP contribution < -0.4 is 11.1 Å². The number of nitrogens with one attached hydrogen (secondary N) is 1. The Morgan fingerprint density at radius 3 is 2.61 bits per heavy atom. The van der Waals surface area contributed by atoms with Crippen molar-refractivity contribution in [2.45, 2.75) is 46.5 Å². The van der Waals surface area contributed by atoms with Crippen LogP contribution in [0.1, 0.15) is 52.3 Å². The quantitative estimate of drug-likeness (QED) is 0.859. The summed E-state index contributed by atoms with van der Waals surface area (Å²) in [5.41, 5.74) is 6.12. The number of anilines is 2. The van der Waals surface area contributed by atoms with Gasteiger partial charge >= 0.3 is 0 Å². The van der Waals surface area contributed by atoms with E-state index in [4.69, 9.17) is 5.73 Å². The fourth-order valence-electron chi connectivity index (χ4n) is 1.66. The Balaban J connectivity index is 2.00. The molecule has 1 aromatic rings. The van der Waals surface area contributed by atoms with Crippen LogP contribution >= 0.6 is 0 Å². The zero-order valence-electron chi connectivity index (χ0n) is 11.8. The summed E-state index contributed by atoms with van der Waals surface area (Å²) in [5.74, 6) is 3.44. The van der Waals surface area contributed by atoms with Crippen LogP contribution in [0.5, 0.6) is 0 Å². The van der Waals surface area contributed by atoms with Gasteiger partial charge in [-0.15, -0.1) is 0 Å². The van der Waals surface area contributed by atoms with E-state index in [1.807, 2.05) is 6.07 Å². The molecule has 0 amide bonds. The summed E-state index contributed by atoms with van der Waals surface area (Å²) in [7, 11) is 0. The van der Waals surface area contributed by atoms with Crippen LogP contribution in [-0.2, 0) is 0 Å². The predicted octanol–water partition coefficient (Wildman–Crippen LogP) is 3.03. The summed E-state index contributed by atoms with van der Waals surface area (Å²) in [6, 6.07) is 1.82. The van der Waals surface area contributed by atoms with Crippen molar-refractivity contribution in [1.29, 1.82) is 0 Å². The molecule has 1 aliphatic carbocycles. The number of rotatable bonds is 4. The maximum atomic E-state index is 5.83. The Hall–Kier alpha value is -1.32. The molecular formula is C14H24N4. The van der Waals surface area contributed by atoms with E-state index in [0.717, 1.165) is 18.2 Å². The van der Waals surface area contributed by atoms with E-state index >= 15 is 0 Å². The fourth-order valence-corrected chi connectivity index (χ4v) is 1.66. The highest BCUT2D eigenvalue weighted by Crippen LogP contribution is 2.38. The number of nitrogens with zero attached hydrogens (tertiary/aromatic N) is 2. The van der Waals surface area contributed by atoms with E-state index in [-0.39, 0.29) is 0 Å². The molecule has 1 fully saturated rings. The van der Waals surface area contributed by atoms with Crippen LogP contribution in [0.4, 0.5) is 11.6 Å². The zero-order valence-corrected chi connectivity index (χ0v) is 11.8. The average molecular weight is 248 g/mol. The smallest absolute Gasteiger partial charge is 0.136 e. The van der Waals surface area contributed by atoms with E-state index in [0.29, 0.717) is 23.1 Å². The molecule has 2 rings (SSSR count). The topological polar surface area (TPSA) is 63.8 Å². The third-order valence-corrected chi connectivity index (χ3v) is 3.77. The minimum Gasteiger partial charge on any atom is -0.384 e. The normalized spacial score (nSPS) is 17.6. The number of hydrogen-bond acceptors (Lipinski definition) is 4. The van der Waals surface area contributed by atoms with Gasteiger partial charge in [0, 0.05) is 18.5 Å². The van der Waals surface area contributed by atoms with Gasteiger partial charge in [-0.05, 0) is 24.2 Å². The SMILES string of the molecule is CC(CNc1cc(N)nc(C2CC2)n1)C(C)(C)C. The third kappa shape index (κ3) is 3.34. The van der Waals surface area contributed by atoms with Gasteiger partial charge in [-0.1, -0.05) is 27.7 Å². The minimum absolute atomic E-state index is 0.297. The monoisotopic (exact) mass is 248 g/mol. The van der Waals surface area contributed by atoms with Crippen molar-refractivity contribution in [1.82, 2.24) is 9.97 Å². The van der Waals surface area contributed by atoms with Gasteiger partial charge in [0.25, 0.3) is 0 Å². The van der Waals surface area contributed by atoms with Gasteiger partial charge in [-0.2, -0.15) is 0 Å². The van der Waals surface area contributed by atoms with Crippen LogP contribution in [0, 0.1) is 11.3 Å². The lowest BCUT2D eigenvalue weighted by molar-refractivity contribution is 0.274. The van der Waals surface area contributed by atoms with E-state index in [2.05, 4.69) is 43.0 Å². The van der Waals surface area contributed by atoms with E-state index in [9.17, 15) is 0 Å². The average Bonchev–Trinajstić information content (AvgIpc) is 3.07. The zero-order chi connectivity index (χ0) is 13.3. The molecule has 1 aliphatic rings. The van der Waals surface area contributed by atoms with E-state index in [1.54, 1.807) is 0 Å². The fraction of sp³-hybridized carbons (Fsp3) is 0.714. The van der Waals surface area contributed by atoms with E-state index < -0.39 is 0 Å². The molecule has 1 saturated carbocycles. The van der Waals surface area contributed by atoms with Crippen LogP contribution in [0.15, 0.2) is 6.07 Å². The van der Waals surface area contributed by atoms with Crippen LogP contribution in [-0.4, -0.2) is 16.5 Å². The van der Waals surface area contributed by atoms with Crippen LogP contribution in [0.25, 0.3) is 0 Å². The molecule has 4 nitrogen and oxygen atoms in total. The minimum atomic E-state index is 0.297. The summed E-state index contributed by atoms with van der Waals surface area (Å²) >= 11 is 0. The van der Waals surface area contributed by atoms with Crippen molar-refractivity contribution in [2.75, 3.05) is 17.6 Å². The van der Waals surface area contributed by atoms with Crippen LogP contribution in [0.3, 0.4) is 0 Å². The molecule has 0 radical (unpaired) electrons. The highest BCUT2D eigenvalue weighted by molar-refractivity contribution is 5.45. The second-order valence-electron chi connectivity index (χ2n) is 6.46. The maximum absolute atomic E-state index is 5.83. The molecule has 0 saturated heterocycles. The molecule has 3 N–H and O–H groups in total. The molecular weight excluding hydrogens is 224 g/mol. The molecule has 1 aromatic heterocycles. The summed E-state index contributed by atoms with van der Waals surface area (Å²) in [6.45, 7) is 9.92. The molecule has 1 heterocycles. The van der Waals surface area contributed by atoms with Crippen molar-refractivity contribution in [3.05, 3.63) is 11.9 Å². The number of nitrogen functional groups attached to an aromatic ring is 1. The Bertz CT molecular complexity index is 418. The second-order valence-corrected chi connectivity index (χ2v) is 6.46. The lowest BCUT2D eigenvalue weighted by Crippen LogP contribution is -2.25.